The zero-order chi connectivity index (χ0) is 18.9. The lowest BCUT2D eigenvalue weighted by Gasteiger charge is -2.30. The fourth-order valence-corrected chi connectivity index (χ4v) is 6.17. The highest BCUT2D eigenvalue weighted by atomic mass is 32.2. The Kier molecular flexibility index (Phi) is 5.78. The highest BCUT2D eigenvalue weighted by Crippen LogP contribution is 2.42. The number of nitrogens with zero attached hydrogens (tertiary/aromatic N) is 2. The van der Waals surface area contributed by atoms with Crippen molar-refractivity contribution in [1.82, 2.24) is 9.97 Å². The Hall–Kier alpha value is -1.08. The van der Waals surface area contributed by atoms with Crippen LogP contribution in [0.2, 0.25) is 0 Å². The van der Waals surface area contributed by atoms with Crippen LogP contribution in [0.15, 0.2) is 40.5 Å². The second-order valence-electron chi connectivity index (χ2n) is 7.34. The summed E-state index contributed by atoms with van der Waals surface area (Å²) < 4.78 is 6.04. The quantitative estimate of drug-likeness (QED) is 0.266. The summed E-state index contributed by atoms with van der Waals surface area (Å²) in [6, 6.07) is 10.6. The van der Waals surface area contributed by atoms with Crippen LogP contribution >= 0.6 is 34.9 Å². The van der Waals surface area contributed by atoms with Gasteiger partial charge in [-0.1, -0.05) is 49.0 Å². The van der Waals surface area contributed by atoms with Crippen molar-refractivity contribution in [3.63, 3.8) is 0 Å². The Morgan fingerprint density at radius 2 is 1.96 bits per heavy atom. The maximum atomic E-state index is 6.04. The van der Waals surface area contributed by atoms with Gasteiger partial charge in [-0.2, -0.15) is 0 Å². The van der Waals surface area contributed by atoms with Crippen LogP contribution in [-0.2, 0) is 23.5 Å². The lowest BCUT2D eigenvalue weighted by Crippen LogP contribution is -2.31. The van der Waals surface area contributed by atoms with Gasteiger partial charge in [-0.25, -0.2) is 9.97 Å². The fourth-order valence-electron chi connectivity index (χ4n) is 3.18. The third-order valence-corrected chi connectivity index (χ3v) is 7.73. The lowest BCUT2D eigenvalue weighted by molar-refractivity contribution is -0.0379. The van der Waals surface area contributed by atoms with E-state index in [4.69, 9.17) is 14.7 Å². The molecule has 0 amide bonds. The average molecular weight is 417 g/mol. The summed E-state index contributed by atoms with van der Waals surface area (Å²) in [5, 5.41) is 3.28. The first-order valence-electron chi connectivity index (χ1n) is 9.31. The van der Waals surface area contributed by atoms with Gasteiger partial charge in [-0.15, -0.1) is 23.1 Å². The van der Waals surface area contributed by atoms with Crippen molar-refractivity contribution in [2.24, 2.45) is 0 Å². The molecule has 0 spiro atoms. The number of thioether (sulfide) groups is 2. The topological polar surface area (TPSA) is 35.0 Å². The van der Waals surface area contributed by atoms with Crippen molar-refractivity contribution in [2.75, 3.05) is 5.75 Å². The van der Waals surface area contributed by atoms with E-state index in [9.17, 15) is 0 Å². The maximum absolute atomic E-state index is 6.04. The molecule has 27 heavy (non-hydrogen) atoms. The molecule has 0 bridgehead atoms. The predicted octanol–water partition coefficient (Wildman–Crippen LogP) is 6.34. The predicted molar refractivity (Wildman–Crippen MR) is 117 cm³/mol. The zero-order valence-electron chi connectivity index (χ0n) is 15.9. The van der Waals surface area contributed by atoms with Gasteiger partial charge in [0, 0.05) is 28.2 Å². The van der Waals surface area contributed by atoms with Crippen LogP contribution in [-0.4, -0.2) is 21.3 Å². The van der Waals surface area contributed by atoms with E-state index < -0.39 is 0 Å². The molecule has 0 aliphatic carbocycles. The van der Waals surface area contributed by atoms with Gasteiger partial charge in [0.1, 0.15) is 9.86 Å². The van der Waals surface area contributed by atoms with Gasteiger partial charge in [0.25, 0.3) is 0 Å². The molecular weight excluding hydrogens is 392 g/mol. The average Bonchev–Trinajstić information content (AvgIpc) is 3.02. The molecule has 1 aliphatic heterocycles. The van der Waals surface area contributed by atoms with Crippen molar-refractivity contribution in [2.45, 2.75) is 61.8 Å². The van der Waals surface area contributed by atoms with Crippen molar-refractivity contribution in [3.8, 4) is 0 Å². The number of thiophene rings is 1. The van der Waals surface area contributed by atoms with Crippen molar-refractivity contribution in [3.05, 3.63) is 46.3 Å². The van der Waals surface area contributed by atoms with E-state index in [0.717, 1.165) is 39.4 Å². The van der Waals surface area contributed by atoms with Crippen LogP contribution < -0.4 is 0 Å². The molecule has 0 saturated carbocycles. The monoisotopic (exact) mass is 416 g/mol. The summed E-state index contributed by atoms with van der Waals surface area (Å²) in [6.45, 7) is 7.22. The van der Waals surface area contributed by atoms with Crippen LogP contribution in [0.3, 0.4) is 0 Å². The minimum atomic E-state index is -0.127. The SMILES string of the molecule is CCCSc1nc(SCc2ccccc2)c2c3c(sc2n1)COC(C)(C)C3. The Morgan fingerprint density at radius 3 is 2.74 bits per heavy atom. The molecule has 0 saturated heterocycles. The largest absolute Gasteiger partial charge is 0.370 e. The molecule has 6 heteroatoms. The molecule has 0 atom stereocenters. The van der Waals surface area contributed by atoms with Crippen LogP contribution in [0.25, 0.3) is 10.2 Å². The summed E-state index contributed by atoms with van der Waals surface area (Å²) in [6.07, 6.45) is 2.05. The molecule has 4 rings (SSSR count). The number of fused-ring (bicyclic) bond motifs is 3. The Morgan fingerprint density at radius 1 is 1.15 bits per heavy atom. The van der Waals surface area contributed by atoms with E-state index in [2.05, 4.69) is 51.1 Å². The van der Waals surface area contributed by atoms with Gasteiger partial charge in [0.05, 0.1) is 12.2 Å². The van der Waals surface area contributed by atoms with E-state index in [0.29, 0.717) is 6.61 Å². The van der Waals surface area contributed by atoms with Crippen molar-refractivity contribution < 1.29 is 4.74 Å². The van der Waals surface area contributed by atoms with E-state index >= 15 is 0 Å². The van der Waals surface area contributed by atoms with Crippen molar-refractivity contribution in [1.29, 1.82) is 0 Å². The Balaban J connectivity index is 1.74. The third-order valence-electron chi connectivity index (χ3n) is 4.53. The number of hydrogen-bond acceptors (Lipinski definition) is 6. The van der Waals surface area contributed by atoms with Gasteiger partial charge >= 0.3 is 0 Å². The standard InChI is InChI=1S/C21H24N2OS3/c1-4-10-25-20-22-18(26-13-14-8-6-5-7-9-14)17-15-11-21(2,3)24-12-16(15)27-19(17)23-20/h5-9H,4,10-13H2,1-3H3. The maximum Gasteiger partial charge on any atom is 0.190 e. The van der Waals surface area contributed by atoms with Crippen LogP contribution in [0, 0.1) is 0 Å². The minimum Gasteiger partial charge on any atom is -0.370 e. The number of hydrogen-bond donors (Lipinski definition) is 0. The molecule has 3 heterocycles. The van der Waals surface area contributed by atoms with Crippen molar-refractivity contribution >= 4 is 45.1 Å². The summed E-state index contributed by atoms with van der Waals surface area (Å²) in [7, 11) is 0. The highest BCUT2D eigenvalue weighted by molar-refractivity contribution is 7.99. The molecule has 2 aromatic heterocycles. The summed E-state index contributed by atoms with van der Waals surface area (Å²) in [5.74, 6) is 1.98. The number of ether oxygens (including phenoxy) is 1. The number of rotatable bonds is 6. The molecular formula is C21H24N2OS3. The summed E-state index contributed by atoms with van der Waals surface area (Å²) in [4.78, 5) is 12.3. The molecule has 0 fully saturated rings. The summed E-state index contributed by atoms with van der Waals surface area (Å²) in [5.41, 5.74) is 2.59. The molecule has 142 valence electrons. The lowest BCUT2D eigenvalue weighted by atomic mass is 9.95. The Bertz CT molecular complexity index is 937. The van der Waals surface area contributed by atoms with E-state index in [1.807, 2.05) is 11.8 Å². The molecule has 3 nitrogen and oxygen atoms in total. The van der Waals surface area contributed by atoms with Crippen LogP contribution in [0.4, 0.5) is 0 Å². The summed E-state index contributed by atoms with van der Waals surface area (Å²) >= 11 is 5.37. The number of benzene rings is 1. The molecule has 0 unspecified atom stereocenters. The number of aromatic nitrogens is 2. The smallest absolute Gasteiger partial charge is 0.190 e. The van der Waals surface area contributed by atoms with E-state index in [1.165, 1.54) is 21.4 Å². The van der Waals surface area contributed by atoms with E-state index in [1.54, 1.807) is 23.1 Å². The van der Waals surface area contributed by atoms with Gasteiger partial charge in [-0.3, -0.25) is 0 Å². The second kappa shape index (κ2) is 8.11. The molecule has 0 N–H and O–H groups in total. The van der Waals surface area contributed by atoms with Gasteiger partial charge < -0.3 is 4.74 Å². The minimum absolute atomic E-state index is 0.127. The molecule has 1 aromatic carbocycles. The third kappa shape index (κ3) is 4.34. The molecule has 0 radical (unpaired) electrons. The van der Waals surface area contributed by atoms with Gasteiger partial charge in [0.2, 0.25) is 0 Å². The first-order valence-corrected chi connectivity index (χ1v) is 12.1. The highest BCUT2D eigenvalue weighted by Gasteiger charge is 2.31. The van der Waals surface area contributed by atoms with Crippen LogP contribution in [0.1, 0.15) is 43.2 Å². The first kappa shape index (κ1) is 19.2. The van der Waals surface area contributed by atoms with Gasteiger partial charge in [0.15, 0.2) is 5.16 Å². The molecule has 1 aliphatic rings. The van der Waals surface area contributed by atoms with Gasteiger partial charge in [-0.05, 0) is 31.4 Å². The van der Waals surface area contributed by atoms with Crippen LogP contribution in [0.5, 0.6) is 0 Å². The molecule has 3 aromatic rings. The fraction of sp³-hybridized carbons (Fsp3) is 0.429. The Labute approximate surface area is 173 Å². The second-order valence-corrected chi connectivity index (χ2v) is 10.5. The van der Waals surface area contributed by atoms with E-state index in [-0.39, 0.29) is 5.60 Å². The normalized spacial score (nSPS) is 15.8. The zero-order valence-corrected chi connectivity index (χ0v) is 18.4. The first-order chi connectivity index (χ1) is 13.1.